The van der Waals surface area contributed by atoms with Crippen molar-refractivity contribution in [3.8, 4) is 10.6 Å². The quantitative estimate of drug-likeness (QED) is 0.901. The van der Waals surface area contributed by atoms with Crippen LogP contribution in [0.15, 0.2) is 35.7 Å². The summed E-state index contributed by atoms with van der Waals surface area (Å²) in [5.41, 5.74) is 2.04. The number of nitrogens with zero attached hydrogens (tertiary/aromatic N) is 1. The summed E-state index contributed by atoms with van der Waals surface area (Å²) in [6.45, 7) is 1.44. The second kappa shape index (κ2) is 8.27. The lowest BCUT2D eigenvalue weighted by atomic mass is 10.0. The van der Waals surface area contributed by atoms with Gasteiger partial charge < -0.3 is 10.6 Å². The summed E-state index contributed by atoms with van der Waals surface area (Å²) in [7, 11) is 0. The van der Waals surface area contributed by atoms with Gasteiger partial charge in [-0.2, -0.15) is 0 Å². The number of amides is 1. The zero-order valence-electron chi connectivity index (χ0n) is 12.2. The molecule has 118 valence electrons. The van der Waals surface area contributed by atoms with Crippen molar-refractivity contribution in [1.82, 2.24) is 15.6 Å². The third kappa shape index (κ3) is 4.29. The highest BCUT2D eigenvalue weighted by Crippen LogP contribution is 2.23. The van der Waals surface area contributed by atoms with Gasteiger partial charge in [0, 0.05) is 10.9 Å². The molecule has 1 aromatic heterocycles. The summed E-state index contributed by atoms with van der Waals surface area (Å²) < 4.78 is 0. The molecule has 1 unspecified atom stereocenters. The van der Waals surface area contributed by atoms with E-state index in [4.69, 9.17) is 0 Å². The largest absolute Gasteiger partial charge is 0.349 e. The fourth-order valence-corrected chi connectivity index (χ4v) is 3.30. The minimum atomic E-state index is -0.0361. The average Bonchev–Trinajstić information content (AvgIpc) is 3.03. The second-order valence-corrected chi connectivity index (χ2v) is 6.09. The van der Waals surface area contributed by atoms with E-state index < -0.39 is 0 Å². The van der Waals surface area contributed by atoms with E-state index >= 15 is 0 Å². The molecule has 2 heterocycles. The highest BCUT2D eigenvalue weighted by Gasteiger charge is 2.20. The lowest BCUT2D eigenvalue weighted by Crippen LogP contribution is -2.46. The highest BCUT2D eigenvalue weighted by atomic mass is 35.5. The minimum absolute atomic E-state index is 0. The minimum Gasteiger partial charge on any atom is -0.349 e. The van der Waals surface area contributed by atoms with Crippen molar-refractivity contribution < 1.29 is 4.79 Å². The van der Waals surface area contributed by atoms with Gasteiger partial charge in [-0.15, -0.1) is 23.7 Å². The first-order chi connectivity index (χ1) is 10.3. The van der Waals surface area contributed by atoms with Gasteiger partial charge in [0.25, 0.3) is 0 Å². The van der Waals surface area contributed by atoms with Crippen molar-refractivity contribution in [3.63, 3.8) is 0 Å². The number of rotatable bonds is 4. The van der Waals surface area contributed by atoms with Crippen LogP contribution in [0.5, 0.6) is 0 Å². The first-order valence-corrected chi connectivity index (χ1v) is 8.22. The van der Waals surface area contributed by atoms with E-state index in [1.54, 1.807) is 11.3 Å². The molecule has 4 nitrogen and oxygen atoms in total. The molecule has 0 saturated carbocycles. The number of hydrogen-bond donors (Lipinski definition) is 2. The summed E-state index contributed by atoms with van der Waals surface area (Å²) in [6.07, 6.45) is 3.22. The molecule has 22 heavy (non-hydrogen) atoms. The lowest BCUT2D eigenvalue weighted by Gasteiger charge is -2.22. The average molecular weight is 338 g/mol. The van der Waals surface area contributed by atoms with Crippen molar-refractivity contribution in [1.29, 1.82) is 0 Å². The van der Waals surface area contributed by atoms with Crippen LogP contribution >= 0.6 is 23.7 Å². The molecule has 0 bridgehead atoms. The van der Waals surface area contributed by atoms with E-state index in [0.29, 0.717) is 6.54 Å². The van der Waals surface area contributed by atoms with E-state index in [-0.39, 0.29) is 24.4 Å². The van der Waals surface area contributed by atoms with Crippen molar-refractivity contribution in [2.75, 3.05) is 6.54 Å². The summed E-state index contributed by atoms with van der Waals surface area (Å²) in [5.74, 6) is 0.0870. The molecule has 6 heteroatoms. The molecule has 0 radical (unpaired) electrons. The number of piperidine rings is 1. The first kappa shape index (κ1) is 16.9. The van der Waals surface area contributed by atoms with Crippen molar-refractivity contribution >= 4 is 29.7 Å². The van der Waals surface area contributed by atoms with Crippen molar-refractivity contribution in [3.05, 3.63) is 41.4 Å². The molecule has 1 saturated heterocycles. The number of carbonyl (C=O) groups excluding carboxylic acids is 1. The Morgan fingerprint density at radius 3 is 2.86 bits per heavy atom. The van der Waals surface area contributed by atoms with Gasteiger partial charge in [0.05, 0.1) is 18.3 Å². The van der Waals surface area contributed by atoms with Crippen molar-refractivity contribution in [2.24, 2.45) is 0 Å². The summed E-state index contributed by atoms with van der Waals surface area (Å²) in [5, 5.41) is 9.24. The number of hydrogen-bond acceptors (Lipinski definition) is 4. The predicted molar refractivity (Wildman–Crippen MR) is 92.3 cm³/mol. The fraction of sp³-hybridized carbons (Fsp3) is 0.375. The molecule has 0 aliphatic carbocycles. The molecule has 1 fully saturated rings. The van der Waals surface area contributed by atoms with Crippen LogP contribution in [0.4, 0.5) is 0 Å². The Morgan fingerprint density at radius 1 is 1.32 bits per heavy atom. The first-order valence-electron chi connectivity index (χ1n) is 7.34. The van der Waals surface area contributed by atoms with Crippen LogP contribution in [-0.2, 0) is 11.3 Å². The number of nitrogens with one attached hydrogen (secondary N) is 2. The number of thiazole rings is 1. The van der Waals surface area contributed by atoms with Crippen LogP contribution in [0.1, 0.15) is 25.0 Å². The standard InChI is InChI=1S/C16H19N3OS.ClH/c20-15(14-8-4-5-9-17-14)18-10-13-11-21-16(19-13)12-6-2-1-3-7-12;/h1-3,6-7,11,14,17H,4-5,8-10H2,(H,18,20);1H. The summed E-state index contributed by atoms with van der Waals surface area (Å²) in [4.78, 5) is 16.6. The van der Waals surface area contributed by atoms with Gasteiger partial charge in [0.15, 0.2) is 0 Å². The summed E-state index contributed by atoms with van der Waals surface area (Å²) >= 11 is 1.61. The van der Waals surface area contributed by atoms with E-state index in [1.165, 1.54) is 0 Å². The van der Waals surface area contributed by atoms with Gasteiger partial charge in [0.1, 0.15) is 5.01 Å². The van der Waals surface area contributed by atoms with Crippen molar-refractivity contribution in [2.45, 2.75) is 31.8 Å². The topological polar surface area (TPSA) is 54.0 Å². The SMILES string of the molecule is Cl.O=C(NCc1csc(-c2ccccc2)n1)C1CCCCN1. The number of carbonyl (C=O) groups is 1. The Morgan fingerprint density at radius 2 is 2.14 bits per heavy atom. The van der Waals surface area contributed by atoms with Crippen LogP contribution in [-0.4, -0.2) is 23.5 Å². The van der Waals surface area contributed by atoms with Crippen LogP contribution in [0.25, 0.3) is 10.6 Å². The van der Waals surface area contributed by atoms with E-state index in [2.05, 4.69) is 15.6 Å². The zero-order chi connectivity index (χ0) is 14.5. The molecule has 2 aromatic rings. The monoisotopic (exact) mass is 337 g/mol. The third-order valence-corrected chi connectivity index (χ3v) is 4.58. The molecule has 1 aliphatic heterocycles. The molecule has 1 aliphatic rings. The smallest absolute Gasteiger partial charge is 0.237 e. The van der Waals surface area contributed by atoms with E-state index in [1.807, 2.05) is 35.7 Å². The van der Waals surface area contributed by atoms with Crippen LogP contribution in [0.2, 0.25) is 0 Å². The highest BCUT2D eigenvalue weighted by molar-refractivity contribution is 7.13. The molecule has 1 aromatic carbocycles. The molecular weight excluding hydrogens is 318 g/mol. The third-order valence-electron chi connectivity index (χ3n) is 3.64. The predicted octanol–water partition coefficient (Wildman–Crippen LogP) is 2.99. The Bertz CT molecular complexity index is 596. The van der Waals surface area contributed by atoms with Gasteiger partial charge in [-0.25, -0.2) is 4.98 Å². The van der Waals surface area contributed by atoms with Crippen LogP contribution in [0.3, 0.4) is 0 Å². The van der Waals surface area contributed by atoms with Gasteiger partial charge in [-0.1, -0.05) is 36.8 Å². The Labute approximate surface area is 140 Å². The maximum atomic E-state index is 12.1. The summed E-state index contributed by atoms with van der Waals surface area (Å²) in [6, 6.07) is 10.1. The van der Waals surface area contributed by atoms with Crippen LogP contribution < -0.4 is 10.6 Å². The van der Waals surface area contributed by atoms with Gasteiger partial charge in [-0.3, -0.25) is 4.79 Å². The zero-order valence-corrected chi connectivity index (χ0v) is 13.9. The number of aromatic nitrogens is 1. The van der Waals surface area contributed by atoms with Crippen LogP contribution in [0, 0.1) is 0 Å². The molecule has 0 spiro atoms. The Balaban J connectivity index is 0.00000176. The maximum absolute atomic E-state index is 12.1. The molecule has 1 atom stereocenters. The normalized spacial score (nSPS) is 17.5. The lowest BCUT2D eigenvalue weighted by molar-refractivity contribution is -0.123. The Kier molecular flexibility index (Phi) is 6.36. The molecular formula is C16H20ClN3OS. The maximum Gasteiger partial charge on any atom is 0.237 e. The number of halogens is 1. The van der Waals surface area contributed by atoms with Gasteiger partial charge in [0.2, 0.25) is 5.91 Å². The number of benzene rings is 1. The Hall–Kier alpha value is -1.43. The van der Waals surface area contributed by atoms with E-state index in [9.17, 15) is 4.79 Å². The molecule has 2 N–H and O–H groups in total. The van der Waals surface area contributed by atoms with E-state index in [0.717, 1.165) is 42.1 Å². The molecule has 3 rings (SSSR count). The molecule has 1 amide bonds. The fourth-order valence-electron chi connectivity index (χ4n) is 2.48. The van der Waals surface area contributed by atoms with Gasteiger partial charge in [-0.05, 0) is 19.4 Å². The second-order valence-electron chi connectivity index (χ2n) is 5.23. The van der Waals surface area contributed by atoms with Gasteiger partial charge >= 0.3 is 0 Å².